The third-order valence-corrected chi connectivity index (χ3v) is 5.45. The van der Waals surface area contributed by atoms with Crippen LogP contribution < -0.4 is 15.0 Å². The number of halogens is 1. The molecule has 0 spiro atoms. The van der Waals surface area contributed by atoms with Gasteiger partial charge in [-0.2, -0.15) is 0 Å². The molecule has 1 saturated heterocycles. The smallest absolute Gasteiger partial charge is 0.341 e. The average Bonchev–Trinajstić information content (AvgIpc) is 2.76. The van der Waals surface area contributed by atoms with Crippen molar-refractivity contribution in [2.24, 2.45) is 0 Å². The highest BCUT2D eigenvalue weighted by molar-refractivity contribution is 9.10. The van der Waals surface area contributed by atoms with Gasteiger partial charge in [0.25, 0.3) is 11.8 Å². The van der Waals surface area contributed by atoms with Crippen LogP contribution in [-0.4, -0.2) is 35.5 Å². The van der Waals surface area contributed by atoms with Crippen LogP contribution in [0.15, 0.2) is 59.1 Å². The summed E-state index contributed by atoms with van der Waals surface area (Å²) in [5, 5.41) is 11.1. The monoisotopic (exact) mass is 512 g/mol. The number of hydrogen-bond donors (Lipinski definition) is 2. The molecule has 33 heavy (non-hydrogen) atoms. The molecule has 3 rings (SSSR count). The first-order valence-electron chi connectivity index (χ1n) is 10.0. The number of rotatable bonds is 8. The van der Waals surface area contributed by atoms with Gasteiger partial charge >= 0.3 is 12.0 Å². The number of aryl methyl sites for hydroxylation is 1. The van der Waals surface area contributed by atoms with Crippen molar-refractivity contribution in [2.75, 3.05) is 11.5 Å². The van der Waals surface area contributed by atoms with Crippen LogP contribution in [-0.2, 0) is 27.2 Å². The topological polar surface area (TPSA) is 113 Å². The molecule has 9 heteroatoms. The maximum atomic E-state index is 13.1. The lowest BCUT2D eigenvalue weighted by Gasteiger charge is -2.26. The maximum absolute atomic E-state index is 13.1. The lowest BCUT2D eigenvalue weighted by Crippen LogP contribution is -2.54. The SMILES string of the molecule is C=CCc1cc(/C=C2/C(=O)NC(=O)N(c3ccc(CC)cc3)C2=O)cc(Br)c1OCC(=O)O. The molecule has 0 unspecified atom stereocenters. The van der Waals surface area contributed by atoms with Gasteiger partial charge in [-0.15, -0.1) is 6.58 Å². The van der Waals surface area contributed by atoms with Crippen molar-refractivity contribution >= 4 is 51.5 Å². The Morgan fingerprint density at radius 3 is 2.52 bits per heavy atom. The molecule has 4 amide bonds. The third kappa shape index (κ3) is 5.38. The number of anilines is 1. The van der Waals surface area contributed by atoms with E-state index in [4.69, 9.17) is 9.84 Å². The van der Waals surface area contributed by atoms with Crippen LogP contribution in [0.25, 0.3) is 6.08 Å². The zero-order chi connectivity index (χ0) is 24.1. The normalized spacial score (nSPS) is 14.9. The minimum absolute atomic E-state index is 0.218. The number of carboxylic acid groups (broad SMARTS) is 1. The number of carboxylic acids is 1. The first-order chi connectivity index (χ1) is 15.7. The lowest BCUT2D eigenvalue weighted by atomic mass is 10.0. The van der Waals surface area contributed by atoms with Gasteiger partial charge in [0.2, 0.25) is 0 Å². The van der Waals surface area contributed by atoms with Gasteiger partial charge in [0.1, 0.15) is 11.3 Å². The summed E-state index contributed by atoms with van der Waals surface area (Å²) in [6.07, 6.45) is 4.15. The van der Waals surface area contributed by atoms with Gasteiger partial charge in [0.15, 0.2) is 6.61 Å². The number of aliphatic carboxylic acids is 1. The largest absolute Gasteiger partial charge is 0.480 e. The summed E-state index contributed by atoms with van der Waals surface area (Å²) in [4.78, 5) is 49.8. The Morgan fingerprint density at radius 2 is 1.91 bits per heavy atom. The number of allylic oxidation sites excluding steroid dienone is 1. The molecule has 1 fully saturated rings. The molecule has 2 aromatic rings. The summed E-state index contributed by atoms with van der Waals surface area (Å²) in [5.41, 5.74) is 2.26. The summed E-state index contributed by atoms with van der Waals surface area (Å²) in [6, 6.07) is 9.35. The highest BCUT2D eigenvalue weighted by atomic mass is 79.9. The van der Waals surface area contributed by atoms with E-state index in [-0.39, 0.29) is 5.57 Å². The highest BCUT2D eigenvalue weighted by Gasteiger charge is 2.36. The molecule has 8 nitrogen and oxygen atoms in total. The standard InChI is InChI=1S/C24H21BrN2O6/c1-3-5-16-10-15(12-19(25)21(16)33-13-20(28)29)11-18-22(30)26-24(32)27(23(18)31)17-8-6-14(4-2)7-9-17/h3,6-12H,1,4-5,13H2,2H3,(H,28,29)(H,26,30,32)/b18-11-. The summed E-state index contributed by atoms with van der Waals surface area (Å²) in [7, 11) is 0. The van der Waals surface area contributed by atoms with Crippen LogP contribution in [0.2, 0.25) is 0 Å². The Hall–Kier alpha value is -3.72. The molecule has 0 aromatic heterocycles. The van der Waals surface area contributed by atoms with Gasteiger partial charge in [-0.25, -0.2) is 14.5 Å². The van der Waals surface area contributed by atoms with Gasteiger partial charge in [-0.05, 0) is 75.8 Å². The highest BCUT2D eigenvalue weighted by Crippen LogP contribution is 2.33. The van der Waals surface area contributed by atoms with E-state index in [1.807, 2.05) is 19.1 Å². The second kappa shape index (κ2) is 10.3. The molecule has 1 heterocycles. The first kappa shape index (κ1) is 23.9. The number of ether oxygens (including phenoxy) is 1. The summed E-state index contributed by atoms with van der Waals surface area (Å²) >= 11 is 3.35. The van der Waals surface area contributed by atoms with Gasteiger partial charge < -0.3 is 9.84 Å². The van der Waals surface area contributed by atoms with E-state index in [0.29, 0.717) is 33.5 Å². The van der Waals surface area contributed by atoms with E-state index in [9.17, 15) is 19.2 Å². The number of carbonyl (C=O) groups is 4. The van der Waals surface area contributed by atoms with E-state index in [0.717, 1.165) is 16.9 Å². The lowest BCUT2D eigenvalue weighted by molar-refractivity contribution is -0.139. The molecule has 0 aliphatic carbocycles. The predicted molar refractivity (Wildman–Crippen MR) is 126 cm³/mol. The molecule has 0 radical (unpaired) electrons. The summed E-state index contributed by atoms with van der Waals surface area (Å²) in [5.74, 6) is -2.36. The zero-order valence-corrected chi connectivity index (χ0v) is 19.3. The average molecular weight is 513 g/mol. The zero-order valence-electron chi connectivity index (χ0n) is 17.8. The number of nitrogens with zero attached hydrogens (tertiary/aromatic N) is 1. The predicted octanol–water partition coefficient (Wildman–Crippen LogP) is 3.87. The van der Waals surface area contributed by atoms with Crippen LogP contribution in [0, 0.1) is 0 Å². The van der Waals surface area contributed by atoms with Crippen LogP contribution in [0.1, 0.15) is 23.6 Å². The van der Waals surface area contributed by atoms with Crippen LogP contribution in [0.4, 0.5) is 10.5 Å². The number of amides is 4. The van der Waals surface area contributed by atoms with Gasteiger partial charge in [0, 0.05) is 0 Å². The van der Waals surface area contributed by atoms with Crippen LogP contribution in [0.3, 0.4) is 0 Å². The van der Waals surface area contributed by atoms with E-state index in [1.54, 1.807) is 30.3 Å². The van der Waals surface area contributed by atoms with E-state index >= 15 is 0 Å². The van der Waals surface area contributed by atoms with Crippen molar-refractivity contribution < 1.29 is 29.0 Å². The maximum Gasteiger partial charge on any atom is 0.341 e. The Bertz CT molecular complexity index is 1170. The molecular weight excluding hydrogens is 492 g/mol. The van der Waals surface area contributed by atoms with Crippen LogP contribution in [0.5, 0.6) is 5.75 Å². The Morgan fingerprint density at radius 1 is 1.21 bits per heavy atom. The third-order valence-electron chi connectivity index (χ3n) is 4.86. The van der Waals surface area contributed by atoms with E-state index < -0.39 is 30.4 Å². The molecule has 0 bridgehead atoms. The molecule has 0 atom stereocenters. The second-order valence-electron chi connectivity index (χ2n) is 7.14. The van der Waals surface area contributed by atoms with Gasteiger partial charge in [-0.1, -0.05) is 25.1 Å². The first-order valence-corrected chi connectivity index (χ1v) is 10.8. The second-order valence-corrected chi connectivity index (χ2v) is 8.00. The fourth-order valence-corrected chi connectivity index (χ4v) is 3.93. The van der Waals surface area contributed by atoms with E-state index in [1.165, 1.54) is 6.08 Å². The fourth-order valence-electron chi connectivity index (χ4n) is 3.30. The number of imide groups is 2. The Labute approximate surface area is 198 Å². The van der Waals surface area contributed by atoms with Crippen LogP contribution >= 0.6 is 15.9 Å². The molecule has 2 aromatic carbocycles. The quantitative estimate of drug-likeness (QED) is 0.315. The summed E-state index contributed by atoms with van der Waals surface area (Å²) in [6.45, 7) is 5.15. The summed E-state index contributed by atoms with van der Waals surface area (Å²) < 4.78 is 5.81. The van der Waals surface area contributed by atoms with Crippen molar-refractivity contribution in [3.63, 3.8) is 0 Å². The van der Waals surface area contributed by atoms with E-state index in [2.05, 4.69) is 27.8 Å². The number of nitrogens with one attached hydrogen (secondary N) is 1. The number of urea groups is 1. The van der Waals surface area contributed by atoms with Crippen molar-refractivity contribution in [3.05, 3.63) is 75.8 Å². The molecular formula is C24H21BrN2O6. The number of hydrogen-bond acceptors (Lipinski definition) is 5. The van der Waals surface area contributed by atoms with Crippen molar-refractivity contribution in [1.82, 2.24) is 5.32 Å². The van der Waals surface area contributed by atoms with Crippen molar-refractivity contribution in [2.45, 2.75) is 19.8 Å². The van der Waals surface area contributed by atoms with Crippen molar-refractivity contribution in [1.29, 1.82) is 0 Å². The van der Waals surface area contributed by atoms with Gasteiger partial charge in [0.05, 0.1) is 10.2 Å². The number of barbiturate groups is 1. The number of benzene rings is 2. The number of carbonyl (C=O) groups excluding carboxylic acids is 3. The van der Waals surface area contributed by atoms with Crippen molar-refractivity contribution in [3.8, 4) is 5.75 Å². The minimum atomic E-state index is -1.13. The molecule has 1 aliphatic heterocycles. The minimum Gasteiger partial charge on any atom is -0.480 e. The molecule has 2 N–H and O–H groups in total. The molecule has 1 aliphatic rings. The fraction of sp³-hybridized carbons (Fsp3) is 0.167. The Balaban J connectivity index is 2.00. The molecule has 0 saturated carbocycles. The Kier molecular flexibility index (Phi) is 7.44. The van der Waals surface area contributed by atoms with Gasteiger partial charge in [-0.3, -0.25) is 14.9 Å². The molecule has 170 valence electrons.